The van der Waals surface area contributed by atoms with Crippen molar-refractivity contribution >= 4 is 17.5 Å². The number of ether oxygens (including phenoxy) is 3. The molecule has 0 atom stereocenters. The van der Waals surface area contributed by atoms with Crippen molar-refractivity contribution < 1.29 is 28.6 Å². The molecule has 6 nitrogen and oxygen atoms in total. The molecular formula is C10H16O6. The number of rotatable bonds is 7. The van der Waals surface area contributed by atoms with Crippen LogP contribution in [0.25, 0.3) is 0 Å². The van der Waals surface area contributed by atoms with Crippen molar-refractivity contribution in [3.05, 3.63) is 0 Å². The summed E-state index contributed by atoms with van der Waals surface area (Å²) in [6, 6.07) is 0. The van der Waals surface area contributed by atoms with Gasteiger partial charge in [-0.2, -0.15) is 0 Å². The lowest BCUT2D eigenvalue weighted by molar-refractivity contribution is -0.199. The van der Waals surface area contributed by atoms with Gasteiger partial charge in [0.1, 0.15) is 0 Å². The molecule has 0 aromatic rings. The van der Waals surface area contributed by atoms with Crippen LogP contribution in [0.1, 0.15) is 20.3 Å². The minimum atomic E-state index is -1.51. The van der Waals surface area contributed by atoms with Gasteiger partial charge in [-0.1, -0.05) is 0 Å². The molecule has 0 aromatic carbocycles. The zero-order chi connectivity index (χ0) is 12.8. The van der Waals surface area contributed by atoms with E-state index in [0.717, 1.165) is 0 Å². The summed E-state index contributed by atoms with van der Waals surface area (Å²) in [5.74, 6) is -4.07. The molecule has 6 heteroatoms. The number of carbonyl (C=O) groups excluding carboxylic acids is 3. The van der Waals surface area contributed by atoms with E-state index in [0.29, 0.717) is 0 Å². The first-order valence-corrected chi connectivity index (χ1v) is 4.74. The number of ketones is 2. The average molecular weight is 232 g/mol. The smallest absolute Gasteiger partial charge is 0.375 e. The maximum absolute atomic E-state index is 11.6. The lowest BCUT2D eigenvalue weighted by Crippen LogP contribution is -2.41. The van der Waals surface area contributed by atoms with Crippen LogP contribution < -0.4 is 0 Å². The molecule has 0 aliphatic carbocycles. The van der Waals surface area contributed by atoms with Gasteiger partial charge in [-0.3, -0.25) is 9.59 Å². The third-order valence-corrected chi connectivity index (χ3v) is 2.11. The summed E-state index contributed by atoms with van der Waals surface area (Å²) in [5, 5.41) is 0. The van der Waals surface area contributed by atoms with Gasteiger partial charge in [0, 0.05) is 14.2 Å². The molecule has 0 aliphatic heterocycles. The van der Waals surface area contributed by atoms with Gasteiger partial charge >= 0.3 is 5.97 Å². The van der Waals surface area contributed by atoms with E-state index < -0.39 is 29.7 Å². The van der Waals surface area contributed by atoms with E-state index in [1.165, 1.54) is 21.1 Å². The van der Waals surface area contributed by atoms with Crippen LogP contribution in [0.2, 0.25) is 0 Å². The van der Waals surface area contributed by atoms with Gasteiger partial charge in [-0.15, -0.1) is 0 Å². The fraction of sp³-hybridized carbons (Fsp3) is 0.700. The van der Waals surface area contributed by atoms with Crippen molar-refractivity contribution in [3.8, 4) is 0 Å². The Hall–Kier alpha value is -1.27. The first kappa shape index (κ1) is 14.7. The Bertz CT molecular complexity index is 279. The van der Waals surface area contributed by atoms with Crippen LogP contribution in [0.5, 0.6) is 0 Å². The third kappa shape index (κ3) is 3.71. The Balaban J connectivity index is 4.45. The lowest BCUT2D eigenvalue weighted by atomic mass is 10.1. The Kier molecular flexibility index (Phi) is 5.84. The zero-order valence-corrected chi connectivity index (χ0v) is 9.86. The summed E-state index contributed by atoms with van der Waals surface area (Å²) in [6.07, 6.45) is -0.600. The topological polar surface area (TPSA) is 78.9 Å². The predicted molar refractivity (Wildman–Crippen MR) is 53.7 cm³/mol. The summed E-state index contributed by atoms with van der Waals surface area (Å²) in [5.41, 5.74) is 0. The molecular weight excluding hydrogens is 216 g/mol. The normalized spacial score (nSPS) is 11.0. The van der Waals surface area contributed by atoms with Gasteiger partial charge in [0.2, 0.25) is 11.6 Å². The summed E-state index contributed by atoms with van der Waals surface area (Å²) in [7, 11) is 2.55. The van der Waals surface area contributed by atoms with Crippen molar-refractivity contribution in [3.63, 3.8) is 0 Å². The van der Waals surface area contributed by atoms with Crippen LogP contribution >= 0.6 is 0 Å². The molecule has 0 heterocycles. The van der Waals surface area contributed by atoms with Crippen molar-refractivity contribution in [2.45, 2.75) is 26.1 Å². The molecule has 0 spiro atoms. The van der Waals surface area contributed by atoms with Crippen molar-refractivity contribution in [1.82, 2.24) is 0 Å². The monoisotopic (exact) mass is 232 g/mol. The minimum Gasteiger partial charge on any atom is -0.460 e. The molecule has 0 radical (unpaired) electrons. The molecule has 0 amide bonds. The van der Waals surface area contributed by atoms with Gasteiger partial charge in [0.25, 0.3) is 0 Å². The van der Waals surface area contributed by atoms with Gasteiger partial charge < -0.3 is 14.2 Å². The Morgan fingerprint density at radius 2 is 1.62 bits per heavy atom. The summed E-state index contributed by atoms with van der Waals surface area (Å²) in [4.78, 5) is 33.8. The van der Waals surface area contributed by atoms with E-state index in [2.05, 4.69) is 4.74 Å². The van der Waals surface area contributed by atoms with Crippen LogP contribution in [0.15, 0.2) is 0 Å². The molecule has 0 N–H and O–H groups in total. The largest absolute Gasteiger partial charge is 0.460 e. The van der Waals surface area contributed by atoms with E-state index in [1.54, 1.807) is 6.92 Å². The second-order valence-corrected chi connectivity index (χ2v) is 3.10. The van der Waals surface area contributed by atoms with Gasteiger partial charge in [-0.05, 0) is 13.8 Å². The second kappa shape index (κ2) is 6.34. The quantitative estimate of drug-likeness (QED) is 0.268. The van der Waals surface area contributed by atoms with Crippen molar-refractivity contribution in [2.24, 2.45) is 0 Å². The van der Waals surface area contributed by atoms with Gasteiger partial charge in [0.05, 0.1) is 13.0 Å². The third-order valence-electron chi connectivity index (χ3n) is 2.11. The summed E-state index contributed by atoms with van der Waals surface area (Å²) in [6.45, 7) is 3.03. The molecule has 92 valence electrons. The van der Waals surface area contributed by atoms with Gasteiger partial charge in [-0.25, -0.2) is 4.79 Å². The first-order valence-electron chi connectivity index (χ1n) is 4.74. The maximum atomic E-state index is 11.6. The van der Waals surface area contributed by atoms with E-state index in [4.69, 9.17) is 9.47 Å². The predicted octanol–water partition coefficient (Wildman–Crippen LogP) is 0.0868. The van der Waals surface area contributed by atoms with E-state index in [1.807, 2.05) is 0 Å². The van der Waals surface area contributed by atoms with Crippen molar-refractivity contribution in [2.75, 3.05) is 20.8 Å². The number of carbonyl (C=O) groups is 3. The average Bonchev–Trinajstić information content (AvgIpc) is 2.28. The summed E-state index contributed by atoms with van der Waals surface area (Å²) < 4.78 is 14.1. The Morgan fingerprint density at radius 1 is 1.12 bits per heavy atom. The molecule has 0 fully saturated rings. The molecule has 0 aromatic heterocycles. The molecule has 0 saturated carbocycles. The number of hydrogen-bond acceptors (Lipinski definition) is 6. The lowest BCUT2D eigenvalue weighted by Gasteiger charge is -2.23. The van der Waals surface area contributed by atoms with Gasteiger partial charge in [0.15, 0.2) is 5.78 Å². The van der Waals surface area contributed by atoms with E-state index >= 15 is 0 Å². The van der Waals surface area contributed by atoms with Crippen LogP contribution in [0.3, 0.4) is 0 Å². The Labute approximate surface area is 93.8 Å². The van der Waals surface area contributed by atoms with Crippen LogP contribution in [-0.2, 0) is 28.6 Å². The first-order chi connectivity index (χ1) is 7.41. The summed E-state index contributed by atoms with van der Waals surface area (Å²) >= 11 is 0. The SMILES string of the molecule is CCOC(=O)C(=O)CC(=O)C(C)(OC)OC. The number of methoxy groups -OCH3 is 2. The highest BCUT2D eigenvalue weighted by Crippen LogP contribution is 2.13. The zero-order valence-electron chi connectivity index (χ0n) is 9.86. The molecule has 16 heavy (non-hydrogen) atoms. The highest BCUT2D eigenvalue weighted by atomic mass is 16.7. The highest BCUT2D eigenvalue weighted by molar-refractivity contribution is 6.37. The standard InChI is InChI=1S/C10H16O6/c1-5-16-9(13)7(11)6-8(12)10(2,14-3)15-4/h5-6H2,1-4H3. The fourth-order valence-electron chi connectivity index (χ4n) is 0.901. The van der Waals surface area contributed by atoms with Crippen LogP contribution in [-0.4, -0.2) is 44.1 Å². The fourth-order valence-corrected chi connectivity index (χ4v) is 0.901. The molecule has 0 aliphatic rings. The molecule has 0 bridgehead atoms. The molecule has 0 unspecified atom stereocenters. The molecule has 0 saturated heterocycles. The van der Waals surface area contributed by atoms with Crippen LogP contribution in [0.4, 0.5) is 0 Å². The second-order valence-electron chi connectivity index (χ2n) is 3.10. The van der Waals surface area contributed by atoms with Crippen LogP contribution in [0, 0.1) is 0 Å². The highest BCUT2D eigenvalue weighted by Gasteiger charge is 2.35. The number of Topliss-reactive ketones (excluding diaryl/α,β-unsaturated/α-hetero) is 2. The maximum Gasteiger partial charge on any atom is 0.375 e. The van der Waals surface area contributed by atoms with E-state index in [9.17, 15) is 14.4 Å². The Morgan fingerprint density at radius 3 is 2.00 bits per heavy atom. The van der Waals surface area contributed by atoms with E-state index in [-0.39, 0.29) is 6.61 Å². The number of hydrogen-bond donors (Lipinski definition) is 0. The molecule has 0 rings (SSSR count). The number of esters is 1. The minimum absolute atomic E-state index is 0.0879. The van der Waals surface area contributed by atoms with Crippen molar-refractivity contribution in [1.29, 1.82) is 0 Å².